The summed E-state index contributed by atoms with van der Waals surface area (Å²) in [6.07, 6.45) is 2.98. The summed E-state index contributed by atoms with van der Waals surface area (Å²) in [6, 6.07) is 7.41. The molecule has 0 aliphatic carbocycles. The van der Waals surface area contributed by atoms with Crippen LogP contribution in [-0.4, -0.2) is 20.5 Å². The van der Waals surface area contributed by atoms with Gasteiger partial charge >= 0.3 is 0 Å². The molecule has 1 aromatic carbocycles. The van der Waals surface area contributed by atoms with Crippen LogP contribution in [0.5, 0.6) is 0 Å². The van der Waals surface area contributed by atoms with Crippen molar-refractivity contribution in [3.05, 3.63) is 42.2 Å². The molecule has 0 atom stereocenters. The Morgan fingerprint density at radius 1 is 1.20 bits per heavy atom. The summed E-state index contributed by atoms with van der Waals surface area (Å²) >= 11 is 1.11. The Balaban J connectivity index is 2.05. The number of nitrogens with two attached hydrogens (primary N) is 1. The van der Waals surface area contributed by atoms with Crippen LogP contribution in [0.25, 0.3) is 10.8 Å². The average Bonchev–Trinajstić information content (AvgIpc) is 2.99. The van der Waals surface area contributed by atoms with Crippen LogP contribution in [0, 0.1) is 0 Å². The monoisotopic (exact) mass is 286 g/mol. The number of hydrogen-bond donors (Lipinski definition) is 3. The second kappa shape index (κ2) is 5.19. The zero-order chi connectivity index (χ0) is 13.9. The van der Waals surface area contributed by atoms with Gasteiger partial charge in [0.1, 0.15) is 10.8 Å². The highest BCUT2D eigenvalue weighted by Gasteiger charge is 2.14. The van der Waals surface area contributed by atoms with Crippen molar-refractivity contribution in [2.45, 2.75) is 0 Å². The molecule has 100 valence electrons. The smallest absolute Gasteiger partial charge is 0.258 e. The molecule has 0 unspecified atom stereocenters. The Kier molecular flexibility index (Phi) is 3.23. The zero-order valence-corrected chi connectivity index (χ0v) is 11.0. The van der Waals surface area contributed by atoms with Crippen molar-refractivity contribution in [2.75, 3.05) is 10.7 Å². The largest absolute Gasteiger partial charge is 0.311 e. The van der Waals surface area contributed by atoms with Crippen LogP contribution >= 0.6 is 11.5 Å². The third kappa shape index (κ3) is 2.17. The van der Waals surface area contributed by atoms with Crippen molar-refractivity contribution in [3.63, 3.8) is 0 Å². The first-order valence-corrected chi connectivity index (χ1v) is 6.50. The highest BCUT2D eigenvalue weighted by atomic mass is 32.1. The minimum atomic E-state index is -0.261. The molecule has 20 heavy (non-hydrogen) atoms. The van der Waals surface area contributed by atoms with Crippen LogP contribution in [-0.2, 0) is 0 Å². The summed E-state index contributed by atoms with van der Waals surface area (Å²) in [5, 5.41) is 8.54. The fourth-order valence-electron chi connectivity index (χ4n) is 1.89. The van der Waals surface area contributed by atoms with Gasteiger partial charge in [-0.05, 0) is 5.39 Å². The van der Waals surface area contributed by atoms with E-state index in [4.69, 9.17) is 5.84 Å². The predicted molar refractivity (Wildman–Crippen MR) is 77.4 cm³/mol. The first kappa shape index (κ1) is 12.5. The maximum Gasteiger partial charge on any atom is 0.258 e. The Bertz CT molecular complexity index is 758. The number of nitrogens with one attached hydrogen (secondary N) is 2. The normalized spacial score (nSPS) is 10.4. The SMILES string of the molecule is NNc1ncc(C(=O)Nc2cnns2)c2ccccc12. The van der Waals surface area contributed by atoms with Gasteiger partial charge in [0.25, 0.3) is 5.91 Å². The second-order valence-corrected chi connectivity index (χ2v) is 4.73. The van der Waals surface area contributed by atoms with E-state index < -0.39 is 0 Å². The number of carbonyl (C=O) groups is 1. The van der Waals surface area contributed by atoms with E-state index in [0.29, 0.717) is 16.4 Å². The maximum absolute atomic E-state index is 12.3. The molecule has 0 aliphatic rings. The lowest BCUT2D eigenvalue weighted by Gasteiger charge is -2.09. The number of amides is 1. The van der Waals surface area contributed by atoms with Gasteiger partial charge < -0.3 is 10.7 Å². The number of pyridine rings is 1. The van der Waals surface area contributed by atoms with Gasteiger partial charge in [-0.25, -0.2) is 10.8 Å². The van der Waals surface area contributed by atoms with Crippen molar-refractivity contribution in [1.29, 1.82) is 0 Å². The van der Waals surface area contributed by atoms with Crippen molar-refractivity contribution in [1.82, 2.24) is 14.6 Å². The van der Waals surface area contributed by atoms with Crippen molar-refractivity contribution in [3.8, 4) is 0 Å². The van der Waals surface area contributed by atoms with E-state index in [9.17, 15) is 4.79 Å². The molecule has 8 heteroatoms. The summed E-state index contributed by atoms with van der Waals surface area (Å²) in [6.45, 7) is 0. The summed E-state index contributed by atoms with van der Waals surface area (Å²) in [5.74, 6) is 5.69. The van der Waals surface area contributed by atoms with Crippen molar-refractivity contribution < 1.29 is 4.79 Å². The van der Waals surface area contributed by atoms with Gasteiger partial charge in [-0.2, -0.15) is 0 Å². The molecule has 4 N–H and O–H groups in total. The molecule has 0 bridgehead atoms. The molecule has 7 nitrogen and oxygen atoms in total. The molecule has 3 rings (SSSR count). The van der Waals surface area contributed by atoms with Gasteiger partial charge in [0.05, 0.1) is 11.8 Å². The number of aromatic nitrogens is 3. The van der Waals surface area contributed by atoms with E-state index in [-0.39, 0.29) is 5.91 Å². The number of hydrogen-bond acceptors (Lipinski definition) is 7. The number of nitrogens with zero attached hydrogens (tertiary/aromatic N) is 3. The molecule has 0 saturated heterocycles. The van der Waals surface area contributed by atoms with Gasteiger partial charge in [-0.15, -0.1) is 5.10 Å². The molecule has 0 saturated carbocycles. The number of carbonyl (C=O) groups excluding carboxylic acids is 1. The number of nitrogen functional groups attached to an aromatic ring is 1. The Morgan fingerprint density at radius 2 is 2.00 bits per heavy atom. The maximum atomic E-state index is 12.3. The quantitative estimate of drug-likeness (QED) is 0.499. The molecule has 0 spiro atoms. The molecule has 1 amide bonds. The standard InChI is InChI=1S/C12H10N6OS/c13-17-11-8-4-2-1-3-7(8)9(5-14-11)12(19)16-10-6-15-18-20-10/h1-6H,13H2,(H,14,17)(H,16,19). The minimum Gasteiger partial charge on any atom is -0.311 e. The second-order valence-electron chi connectivity index (χ2n) is 3.95. The van der Waals surface area contributed by atoms with E-state index in [1.807, 2.05) is 24.3 Å². The van der Waals surface area contributed by atoms with Gasteiger partial charge in [0.15, 0.2) is 0 Å². The zero-order valence-electron chi connectivity index (χ0n) is 10.2. The molecule has 0 radical (unpaired) electrons. The highest BCUT2D eigenvalue weighted by molar-refractivity contribution is 7.10. The van der Waals surface area contributed by atoms with Crippen LogP contribution in [0.15, 0.2) is 36.7 Å². The van der Waals surface area contributed by atoms with E-state index >= 15 is 0 Å². The number of fused-ring (bicyclic) bond motifs is 1. The van der Waals surface area contributed by atoms with Gasteiger partial charge in [-0.1, -0.05) is 28.8 Å². The first-order chi connectivity index (χ1) is 9.79. The molecular formula is C12H10N6OS. The number of benzene rings is 1. The third-order valence-corrected chi connectivity index (χ3v) is 3.35. The van der Waals surface area contributed by atoms with E-state index in [2.05, 4.69) is 25.3 Å². The molecular weight excluding hydrogens is 276 g/mol. The van der Waals surface area contributed by atoms with E-state index in [0.717, 1.165) is 22.3 Å². The fourth-order valence-corrected chi connectivity index (χ4v) is 2.30. The van der Waals surface area contributed by atoms with Crippen LogP contribution in [0.1, 0.15) is 10.4 Å². The summed E-state index contributed by atoms with van der Waals surface area (Å²) in [5.41, 5.74) is 2.99. The van der Waals surface area contributed by atoms with E-state index in [1.165, 1.54) is 12.4 Å². The van der Waals surface area contributed by atoms with Crippen LogP contribution < -0.4 is 16.6 Å². The lowest BCUT2D eigenvalue weighted by molar-refractivity contribution is 0.102. The summed E-state index contributed by atoms with van der Waals surface area (Å²) in [4.78, 5) is 16.4. The van der Waals surface area contributed by atoms with Crippen molar-refractivity contribution >= 4 is 39.0 Å². The Hall–Kier alpha value is -2.58. The fraction of sp³-hybridized carbons (Fsp3) is 0. The van der Waals surface area contributed by atoms with Crippen LogP contribution in [0.4, 0.5) is 10.8 Å². The average molecular weight is 286 g/mol. The van der Waals surface area contributed by atoms with Gasteiger partial charge in [-0.3, -0.25) is 4.79 Å². The number of rotatable bonds is 3. The van der Waals surface area contributed by atoms with Crippen LogP contribution in [0.3, 0.4) is 0 Å². The first-order valence-electron chi connectivity index (χ1n) is 5.72. The minimum absolute atomic E-state index is 0.261. The van der Waals surface area contributed by atoms with Gasteiger partial charge in [0, 0.05) is 23.1 Å². The van der Waals surface area contributed by atoms with Crippen molar-refractivity contribution in [2.24, 2.45) is 5.84 Å². The number of anilines is 2. The lowest BCUT2D eigenvalue weighted by atomic mass is 10.1. The Labute approximate surface area is 118 Å². The topological polar surface area (TPSA) is 106 Å². The molecule has 0 aliphatic heterocycles. The van der Waals surface area contributed by atoms with Crippen LogP contribution in [0.2, 0.25) is 0 Å². The lowest BCUT2D eigenvalue weighted by Crippen LogP contribution is -2.14. The van der Waals surface area contributed by atoms with Gasteiger partial charge in [0.2, 0.25) is 0 Å². The highest BCUT2D eigenvalue weighted by Crippen LogP contribution is 2.24. The summed E-state index contributed by atoms with van der Waals surface area (Å²) in [7, 11) is 0. The Morgan fingerprint density at radius 3 is 2.70 bits per heavy atom. The van der Waals surface area contributed by atoms with E-state index in [1.54, 1.807) is 0 Å². The number of hydrazine groups is 1. The summed E-state index contributed by atoms with van der Waals surface area (Å²) < 4.78 is 3.69. The molecule has 2 heterocycles. The predicted octanol–water partition coefficient (Wildman–Crippen LogP) is 1.62. The molecule has 0 fully saturated rings. The molecule has 2 aromatic heterocycles. The molecule has 3 aromatic rings. The third-order valence-electron chi connectivity index (χ3n) is 2.77.